The maximum atomic E-state index is 12.5. The van der Waals surface area contributed by atoms with Crippen LogP contribution in [0.3, 0.4) is 0 Å². The molecule has 1 saturated heterocycles. The first kappa shape index (κ1) is 17.9. The summed E-state index contributed by atoms with van der Waals surface area (Å²) in [7, 11) is 3.20. The SMILES string of the molecule is COc1cc(NC(=O)C2CC3CCCCC3N2)cc(OC)c1.Cl. The third-order valence-electron chi connectivity index (χ3n) is 4.80. The highest BCUT2D eigenvalue weighted by atomic mass is 35.5. The number of carbonyl (C=O) groups is 1. The second-order valence-corrected chi connectivity index (χ2v) is 6.20. The number of fused-ring (bicyclic) bond motifs is 1. The lowest BCUT2D eigenvalue weighted by molar-refractivity contribution is -0.117. The third kappa shape index (κ3) is 4.09. The van der Waals surface area contributed by atoms with E-state index in [9.17, 15) is 4.79 Å². The molecule has 1 aliphatic carbocycles. The zero-order chi connectivity index (χ0) is 15.5. The Morgan fingerprint density at radius 3 is 2.39 bits per heavy atom. The molecule has 3 unspecified atom stereocenters. The van der Waals surface area contributed by atoms with E-state index in [-0.39, 0.29) is 24.4 Å². The van der Waals surface area contributed by atoms with Crippen molar-refractivity contribution in [3.63, 3.8) is 0 Å². The van der Waals surface area contributed by atoms with E-state index in [1.807, 2.05) is 12.1 Å². The molecule has 1 amide bonds. The van der Waals surface area contributed by atoms with Crippen LogP contribution in [0.5, 0.6) is 11.5 Å². The van der Waals surface area contributed by atoms with Gasteiger partial charge in [0, 0.05) is 29.9 Å². The predicted octanol–water partition coefficient (Wildman–Crippen LogP) is 2.98. The van der Waals surface area contributed by atoms with E-state index in [0.29, 0.717) is 29.1 Å². The second kappa shape index (κ2) is 7.88. The van der Waals surface area contributed by atoms with Gasteiger partial charge in [0.25, 0.3) is 0 Å². The zero-order valence-electron chi connectivity index (χ0n) is 13.6. The monoisotopic (exact) mass is 340 g/mol. The number of amides is 1. The summed E-state index contributed by atoms with van der Waals surface area (Å²) >= 11 is 0. The van der Waals surface area contributed by atoms with E-state index in [0.717, 1.165) is 6.42 Å². The van der Waals surface area contributed by atoms with E-state index in [1.54, 1.807) is 20.3 Å². The van der Waals surface area contributed by atoms with E-state index >= 15 is 0 Å². The Morgan fingerprint density at radius 2 is 1.78 bits per heavy atom. The standard InChI is InChI=1S/C17H24N2O3.ClH/c1-21-13-8-12(9-14(10-13)22-2)18-17(20)16-7-11-5-3-4-6-15(11)19-16;/h8-11,15-16,19H,3-7H2,1-2H3,(H,18,20);1H. The fourth-order valence-electron chi connectivity index (χ4n) is 3.63. The number of benzene rings is 1. The Balaban J connectivity index is 0.00000192. The summed E-state index contributed by atoms with van der Waals surface area (Å²) in [5.74, 6) is 2.03. The topological polar surface area (TPSA) is 59.6 Å². The van der Waals surface area contributed by atoms with Gasteiger partial charge in [-0.2, -0.15) is 0 Å². The maximum Gasteiger partial charge on any atom is 0.241 e. The quantitative estimate of drug-likeness (QED) is 0.884. The molecule has 3 atom stereocenters. The van der Waals surface area contributed by atoms with Crippen molar-refractivity contribution in [3.8, 4) is 11.5 Å². The van der Waals surface area contributed by atoms with Gasteiger partial charge in [0.15, 0.2) is 0 Å². The van der Waals surface area contributed by atoms with Crippen molar-refractivity contribution in [1.82, 2.24) is 5.32 Å². The number of anilines is 1. The molecule has 1 aromatic carbocycles. The van der Waals surface area contributed by atoms with Crippen LogP contribution >= 0.6 is 12.4 Å². The predicted molar refractivity (Wildman–Crippen MR) is 92.7 cm³/mol. The van der Waals surface area contributed by atoms with Gasteiger partial charge in [0.1, 0.15) is 11.5 Å². The van der Waals surface area contributed by atoms with Crippen LogP contribution < -0.4 is 20.1 Å². The summed E-state index contributed by atoms with van der Waals surface area (Å²) in [5.41, 5.74) is 0.706. The molecule has 23 heavy (non-hydrogen) atoms. The van der Waals surface area contributed by atoms with Gasteiger partial charge < -0.3 is 20.1 Å². The van der Waals surface area contributed by atoms with Gasteiger partial charge in [0.2, 0.25) is 5.91 Å². The summed E-state index contributed by atoms with van der Waals surface area (Å²) in [6, 6.07) is 5.83. The van der Waals surface area contributed by atoms with Crippen molar-refractivity contribution >= 4 is 24.0 Å². The van der Waals surface area contributed by atoms with Crippen molar-refractivity contribution in [2.24, 2.45) is 5.92 Å². The number of halogens is 1. The largest absolute Gasteiger partial charge is 0.497 e. The van der Waals surface area contributed by atoms with Crippen LogP contribution in [0.4, 0.5) is 5.69 Å². The summed E-state index contributed by atoms with van der Waals surface area (Å²) < 4.78 is 10.5. The Bertz CT molecular complexity index is 516. The normalized spacial score (nSPS) is 25.9. The molecule has 1 aromatic rings. The number of ether oxygens (including phenoxy) is 2. The van der Waals surface area contributed by atoms with Crippen molar-refractivity contribution < 1.29 is 14.3 Å². The Kier molecular flexibility index (Phi) is 6.13. The molecule has 0 radical (unpaired) electrons. The van der Waals surface area contributed by atoms with E-state index in [1.165, 1.54) is 25.7 Å². The van der Waals surface area contributed by atoms with E-state index in [2.05, 4.69) is 10.6 Å². The first-order chi connectivity index (χ1) is 10.7. The molecular weight excluding hydrogens is 316 g/mol. The molecule has 6 heteroatoms. The summed E-state index contributed by atoms with van der Waals surface area (Å²) in [6.45, 7) is 0. The van der Waals surface area contributed by atoms with Crippen molar-refractivity contribution in [3.05, 3.63) is 18.2 Å². The zero-order valence-corrected chi connectivity index (χ0v) is 14.4. The second-order valence-electron chi connectivity index (χ2n) is 6.20. The molecule has 1 saturated carbocycles. The minimum Gasteiger partial charge on any atom is -0.497 e. The summed E-state index contributed by atoms with van der Waals surface area (Å²) in [4.78, 5) is 12.5. The van der Waals surface area contributed by atoms with E-state index < -0.39 is 0 Å². The first-order valence-corrected chi connectivity index (χ1v) is 7.99. The van der Waals surface area contributed by atoms with Crippen LogP contribution in [0.25, 0.3) is 0 Å². The fraction of sp³-hybridized carbons (Fsp3) is 0.588. The lowest BCUT2D eigenvalue weighted by Gasteiger charge is -2.24. The molecule has 2 N–H and O–H groups in total. The summed E-state index contributed by atoms with van der Waals surface area (Å²) in [6.07, 6.45) is 5.95. The third-order valence-corrected chi connectivity index (χ3v) is 4.80. The van der Waals surface area contributed by atoms with Crippen LogP contribution in [-0.4, -0.2) is 32.2 Å². The van der Waals surface area contributed by atoms with Gasteiger partial charge >= 0.3 is 0 Å². The van der Waals surface area contributed by atoms with Gasteiger partial charge in [-0.3, -0.25) is 4.79 Å². The Hall–Kier alpha value is -1.46. The average molecular weight is 341 g/mol. The average Bonchev–Trinajstić information content (AvgIpc) is 2.98. The summed E-state index contributed by atoms with van der Waals surface area (Å²) in [5, 5.41) is 6.48. The molecule has 1 aliphatic heterocycles. The van der Waals surface area contributed by atoms with Crippen molar-refractivity contribution in [2.45, 2.75) is 44.2 Å². The molecular formula is C17H25ClN2O3. The molecule has 2 aliphatic rings. The molecule has 5 nitrogen and oxygen atoms in total. The molecule has 0 spiro atoms. The number of hydrogen-bond donors (Lipinski definition) is 2. The van der Waals surface area contributed by atoms with Gasteiger partial charge in [-0.1, -0.05) is 12.8 Å². The maximum absolute atomic E-state index is 12.5. The Morgan fingerprint density at radius 1 is 1.13 bits per heavy atom. The van der Waals surface area contributed by atoms with E-state index in [4.69, 9.17) is 9.47 Å². The van der Waals surface area contributed by atoms with Crippen LogP contribution in [0.2, 0.25) is 0 Å². The molecule has 1 heterocycles. The molecule has 0 aromatic heterocycles. The molecule has 2 fully saturated rings. The highest BCUT2D eigenvalue weighted by Crippen LogP contribution is 2.34. The molecule has 128 valence electrons. The number of rotatable bonds is 4. The van der Waals surface area contributed by atoms with Gasteiger partial charge in [-0.25, -0.2) is 0 Å². The smallest absolute Gasteiger partial charge is 0.241 e. The van der Waals surface area contributed by atoms with Gasteiger partial charge in [0.05, 0.1) is 20.3 Å². The van der Waals surface area contributed by atoms with Crippen LogP contribution in [-0.2, 0) is 4.79 Å². The van der Waals surface area contributed by atoms with Crippen LogP contribution in [0.15, 0.2) is 18.2 Å². The molecule has 0 bridgehead atoms. The minimum absolute atomic E-state index is 0. The fourth-order valence-corrected chi connectivity index (χ4v) is 3.63. The highest BCUT2D eigenvalue weighted by molar-refractivity contribution is 5.95. The lowest BCUT2D eigenvalue weighted by Crippen LogP contribution is -2.39. The number of methoxy groups -OCH3 is 2. The number of nitrogens with one attached hydrogen (secondary N) is 2. The molecule has 3 rings (SSSR count). The number of carbonyl (C=O) groups excluding carboxylic acids is 1. The minimum atomic E-state index is -0.0923. The Labute approximate surface area is 143 Å². The van der Waals surface area contributed by atoms with Crippen LogP contribution in [0, 0.1) is 5.92 Å². The number of hydrogen-bond acceptors (Lipinski definition) is 4. The van der Waals surface area contributed by atoms with Crippen molar-refractivity contribution in [1.29, 1.82) is 0 Å². The lowest BCUT2D eigenvalue weighted by atomic mass is 9.85. The highest BCUT2D eigenvalue weighted by Gasteiger charge is 2.38. The van der Waals surface area contributed by atoms with Gasteiger partial charge in [-0.15, -0.1) is 12.4 Å². The van der Waals surface area contributed by atoms with Crippen LogP contribution in [0.1, 0.15) is 32.1 Å². The van der Waals surface area contributed by atoms with Gasteiger partial charge in [-0.05, 0) is 25.2 Å². The van der Waals surface area contributed by atoms with Crippen molar-refractivity contribution in [2.75, 3.05) is 19.5 Å². The first-order valence-electron chi connectivity index (χ1n) is 7.99.